The van der Waals surface area contributed by atoms with Crippen molar-refractivity contribution in [3.8, 4) is 44.5 Å². The van der Waals surface area contributed by atoms with Crippen molar-refractivity contribution < 1.29 is 0 Å². The normalized spacial score (nSPS) is 11.6. The molecule has 2 heteroatoms. The highest BCUT2D eigenvalue weighted by Crippen LogP contribution is 2.44. The van der Waals surface area contributed by atoms with Gasteiger partial charge < -0.3 is 0 Å². The van der Waals surface area contributed by atoms with Crippen LogP contribution in [0.3, 0.4) is 0 Å². The summed E-state index contributed by atoms with van der Waals surface area (Å²) in [6.07, 6.45) is 19.0. The Labute approximate surface area is 356 Å². The highest BCUT2D eigenvalue weighted by atomic mass is 14.7. The molecule has 0 atom stereocenters. The third-order valence-electron chi connectivity index (χ3n) is 12.6. The summed E-state index contributed by atoms with van der Waals surface area (Å²) >= 11 is 0. The maximum Gasteiger partial charge on any atom is 0.0410 e. The first-order chi connectivity index (χ1) is 29.7. The number of pyridine rings is 2. The molecule has 0 saturated carbocycles. The van der Waals surface area contributed by atoms with Crippen LogP contribution in [0.1, 0.15) is 89.4 Å². The minimum absolute atomic E-state index is 1.05. The third kappa shape index (κ3) is 8.48. The largest absolute Gasteiger partial charge is 0.261 e. The van der Waals surface area contributed by atoms with Crippen LogP contribution in [0.25, 0.3) is 87.6 Å². The van der Waals surface area contributed by atoms with Gasteiger partial charge in [-0.3, -0.25) is 9.97 Å². The highest BCUT2D eigenvalue weighted by molar-refractivity contribution is 6.21. The van der Waals surface area contributed by atoms with Gasteiger partial charge in [-0.15, -0.1) is 0 Å². The molecule has 0 spiro atoms. The minimum Gasteiger partial charge on any atom is -0.261 e. The van der Waals surface area contributed by atoms with Gasteiger partial charge in [-0.1, -0.05) is 187 Å². The lowest BCUT2D eigenvalue weighted by Crippen LogP contribution is -1.92. The Kier molecular flexibility index (Phi) is 12.1. The highest BCUT2D eigenvalue weighted by Gasteiger charge is 2.17. The van der Waals surface area contributed by atoms with E-state index in [-0.39, 0.29) is 0 Å². The van der Waals surface area contributed by atoms with Crippen molar-refractivity contribution in [2.45, 2.75) is 90.9 Å². The van der Waals surface area contributed by atoms with Crippen LogP contribution in [0.5, 0.6) is 0 Å². The van der Waals surface area contributed by atoms with Crippen molar-refractivity contribution in [2.24, 2.45) is 0 Å². The molecule has 0 N–H and O–H groups in total. The summed E-state index contributed by atoms with van der Waals surface area (Å²) in [5.74, 6) is 0. The Morgan fingerprint density at radius 1 is 0.317 bits per heavy atom. The summed E-state index contributed by atoms with van der Waals surface area (Å²) < 4.78 is 0. The molecule has 0 aliphatic rings. The first kappa shape index (κ1) is 39.3. The fourth-order valence-electron chi connectivity index (χ4n) is 9.23. The van der Waals surface area contributed by atoms with Crippen molar-refractivity contribution in [1.29, 1.82) is 0 Å². The van der Waals surface area contributed by atoms with Gasteiger partial charge in [-0.25, -0.2) is 0 Å². The fraction of sp³-hybridized carbons (Fsp3) is 0.241. The number of unbranched alkanes of at least 4 members (excludes halogenated alkanes) is 8. The lowest BCUT2D eigenvalue weighted by Gasteiger charge is -2.18. The topological polar surface area (TPSA) is 25.8 Å². The second-order valence-electron chi connectivity index (χ2n) is 16.8. The maximum atomic E-state index is 4.79. The second kappa shape index (κ2) is 18.4. The zero-order valence-corrected chi connectivity index (χ0v) is 35.4. The van der Waals surface area contributed by atoms with E-state index in [4.69, 9.17) is 9.97 Å². The van der Waals surface area contributed by atoms with Gasteiger partial charge in [-0.05, 0) is 127 Å². The van der Waals surface area contributed by atoms with E-state index in [2.05, 4.69) is 159 Å². The van der Waals surface area contributed by atoms with Gasteiger partial charge in [0.15, 0.2) is 0 Å². The molecule has 0 bridgehead atoms. The van der Waals surface area contributed by atoms with Crippen molar-refractivity contribution >= 4 is 43.1 Å². The van der Waals surface area contributed by atoms with E-state index < -0.39 is 0 Å². The smallest absolute Gasteiger partial charge is 0.0410 e. The Morgan fingerprint density at radius 2 is 0.667 bits per heavy atom. The molecule has 0 amide bonds. The number of fused-ring (bicyclic) bond motifs is 4. The van der Waals surface area contributed by atoms with Crippen LogP contribution >= 0.6 is 0 Å². The van der Waals surface area contributed by atoms with Gasteiger partial charge in [0.25, 0.3) is 0 Å². The molecule has 7 aromatic carbocycles. The van der Waals surface area contributed by atoms with Crippen LogP contribution < -0.4 is 0 Å². The summed E-state index contributed by atoms with van der Waals surface area (Å²) in [6.45, 7) is 4.54. The summed E-state index contributed by atoms with van der Waals surface area (Å²) in [6, 6.07) is 54.5. The quantitative estimate of drug-likeness (QED) is 0.0721. The Bertz CT molecular complexity index is 2630. The van der Waals surface area contributed by atoms with E-state index in [1.165, 1.54) is 163 Å². The van der Waals surface area contributed by atoms with Crippen molar-refractivity contribution in [1.82, 2.24) is 9.97 Å². The van der Waals surface area contributed by atoms with E-state index in [1.807, 2.05) is 12.4 Å². The lowest BCUT2D eigenvalue weighted by molar-refractivity contribution is 0.628. The zero-order valence-electron chi connectivity index (χ0n) is 35.4. The predicted octanol–water partition coefficient (Wildman–Crippen LogP) is 16.8. The third-order valence-corrected chi connectivity index (χ3v) is 12.6. The molecule has 60 heavy (non-hydrogen) atoms. The summed E-state index contributed by atoms with van der Waals surface area (Å²) in [7, 11) is 0. The molecule has 2 nitrogen and oxygen atoms in total. The number of benzene rings is 7. The fourth-order valence-corrected chi connectivity index (χ4v) is 9.23. The molecule has 2 heterocycles. The maximum absolute atomic E-state index is 4.79. The van der Waals surface area contributed by atoms with Crippen LogP contribution in [0.2, 0.25) is 0 Å². The molecule has 0 saturated heterocycles. The molecule has 298 valence electrons. The van der Waals surface area contributed by atoms with Gasteiger partial charge in [-0.2, -0.15) is 0 Å². The number of aromatic nitrogens is 2. The molecule has 0 aliphatic carbocycles. The average Bonchev–Trinajstić information content (AvgIpc) is 3.30. The molecular formula is C58H56N2. The molecule has 0 unspecified atom stereocenters. The SMILES string of the molecule is CCCCCCCc1cc2cc(-c3ccc(-c4c5ccccc5c(-c5ccc(-c6ccc7cnc(CCCCCCC)cc7c6)cc5)c5ccccc45)cc3)ccc2cn1. The Hall–Kier alpha value is -6.12. The van der Waals surface area contributed by atoms with Crippen LogP contribution in [0.15, 0.2) is 158 Å². The van der Waals surface area contributed by atoms with Crippen molar-refractivity contribution in [2.75, 3.05) is 0 Å². The number of hydrogen-bond acceptors (Lipinski definition) is 2. The molecule has 9 aromatic rings. The van der Waals surface area contributed by atoms with E-state index in [0.29, 0.717) is 0 Å². The Morgan fingerprint density at radius 3 is 1.05 bits per heavy atom. The van der Waals surface area contributed by atoms with Crippen LogP contribution in [0, 0.1) is 0 Å². The standard InChI is InChI=1S/C58H56N2/c1-3-5-7-9-11-17-51-37-49-35-45(31-33-47(49)39-59-51)41-23-27-43(28-24-41)57-53-19-13-15-21-55(53)58(56-22-16-14-20-54(56)57)44-29-25-42(26-30-44)46-32-34-48-40-60-52(38-50(48)36-46)18-12-10-8-6-4-2/h13-16,19-40H,3-12,17-18H2,1-2H3. The van der Waals surface area contributed by atoms with E-state index >= 15 is 0 Å². The molecule has 0 radical (unpaired) electrons. The lowest BCUT2D eigenvalue weighted by atomic mass is 9.85. The number of nitrogens with zero attached hydrogens (tertiary/aromatic N) is 2. The Balaban J connectivity index is 1.01. The van der Waals surface area contributed by atoms with Gasteiger partial charge >= 0.3 is 0 Å². The zero-order chi connectivity index (χ0) is 40.7. The van der Waals surface area contributed by atoms with E-state index in [0.717, 1.165) is 12.8 Å². The number of aryl methyl sites for hydroxylation is 2. The second-order valence-corrected chi connectivity index (χ2v) is 16.8. The predicted molar refractivity (Wildman–Crippen MR) is 259 cm³/mol. The van der Waals surface area contributed by atoms with Gasteiger partial charge in [0.05, 0.1) is 0 Å². The molecular weight excluding hydrogens is 725 g/mol. The molecule has 0 aliphatic heterocycles. The first-order valence-electron chi connectivity index (χ1n) is 22.6. The molecule has 2 aromatic heterocycles. The summed E-state index contributed by atoms with van der Waals surface area (Å²) in [5, 5.41) is 10.0. The van der Waals surface area contributed by atoms with Crippen LogP contribution in [-0.2, 0) is 12.8 Å². The van der Waals surface area contributed by atoms with Gasteiger partial charge in [0.1, 0.15) is 0 Å². The van der Waals surface area contributed by atoms with Gasteiger partial charge in [0, 0.05) is 34.6 Å². The number of hydrogen-bond donors (Lipinski definition) is 0. The van der Waals surface area contributed by atoms with Crippen molar-refractivity contribution in [3.05, 3.63) is 169 Å². The average molecular weight is 781 g/mol. The first-order valence-corrected chi connectivity index (χ1v) is 22.6. The molecule has 0 fully saturated rings. The van der Waals surface area contributed by atoms with Crippen molar-refractivity contribution in [3.63, 3.8) is 0 Å². The minimum atomic E-state index is 1.05. The van der Waals surface area contributed by atoms with E-state index in [9.17, 15) is 0 Å². The summed E-state index contributed by atoms with van der Waals surface area (Å²) in [5.41, 5.74) is 12.4. The van der Waals surface area contributed by atoms with Crippen LogP contribution in [0.4, 0.5) is 0 Å². The molecule has 9 rings (SSSR count). The van der Waals surface area contributed by atoms with Gasteiger partial charge in [0.2, 0.25) is 0 Å². The monoisotopic (exact) mass is 780 g/mol. The summed E-state index contributed by atoms with van der Waals surface area (Å²) in [4.78, 5) is 9.57. The van der Waals surface area contributed by atoms with Crippen LogP contribution in [-0.4, -0.2) is 9.97 Å². The van der Waals surface area contributed by atoms with E-state index in [1.54, 1.807) is 0 Å². The number of rotatable bonds is 16.